The van der Waals surface area contributed by atoms with Gasteiger partial charge in [0.15, 0.2) is 0 Å². The molecule has 1 N–H and O–H groups in total. The molecule has 2 aliphatic heterocycles. The monoisotopic (exact) mass is 238 g/mol. The van der Waals surface area contributed by atoms with Gasteiger partial charge < -0.3 is 5.32 Å². The molecule has 2 amide bonds. The normalized spacial score (nSPS) is 38.9. The van der Waals surface area contributed by atoms with Crippen molar-refractivity contribution >= 4 is 11.8 Å². The van der Waals surface area contributed by atoms with Crippen LogP contribution in [-0.2, 0) is 9.59 Å². The Labute approximate surface area is 103 Å². The quantitative estimate of drug-likeness (QED) is 0.731. The molecule has 0 aliphatic carbocycles. The lowest BCUT2D eigenvalue weighted by Gasteiger charge is -2.30. The van der Waals surface area contributed by atoms with E-state index in [2.05, 4.69) is 12.2 Å². The Kier molecular flexibility index (Phi) is 3.52. The molecule has 2 heterocycles. The maximum absolute atomic E-state index is 11.9. The van der Waals surface area contributed by atoms with E-state index < -0.39 is 0 Å². The van der Waals surface area contributed by atoms with Gasteiger partial charge in [-0.2, -0.15) is 0 Å². The van der Waals surface area contributed by atoms with Crippen LogP contribution >= 0.6 is 0 Å². The van der Waals surface area contributed by atoms with E-state index in [4.69, 9.17) is 0 Å². The molecule has 2 fully saturated rings. The molecule has 0 aromatic heterocycles. The first-order valence-corrected chi connectivity index (χ1v) is 6.59. The summed E-state index contributed by atoms with van der Waals surface area (Å²) >= 11 is 0. The lowest BCUT2D eigenvalue weighted by Crippen LogP contribution is -2.43. The molecule has 0 radical (unpaired) electrons. The predicted octanol–water partition coefficient (Wildman–Crippen LogP) is 1.02. The Morgan fingerprint density at radius 1 is 1.12 bits per heavy atom. The molecule has 4 atom stereocenters. The highest BCUT2D eigenvalue weighted by Gasteiger charge is 2.42. The average molecular weight is 238 g/mol. The van der Waals surface area contributed by atoms with Crippen molar-refractivity contribution in [2.75, 3.05) is 13.1 Å². The summed E-state index contributed by atoms with van der Waals surface area (Å²) in [5.41, 5.74) is 0. The van der Waals surface area contributed by atoms with Crippen molar-refractivity contribution < 1.29 is 9.59 Å². The molecule has 2 aliphatic rings. The van der Waals surface area contributed by atoms with E-state index in [0.717, 1.165) is 19.4 Å². The second-order valence-electron chi connectivity index (χ2n) is 5.62. The number of nitrogens with zero attached hydrogens (tertiary/aromatic N) is 1. The summed E-state index contributed by atoms with van der Waals surface area (Å²) < 4.78 is 0. The molecule has 96 valence electrons. The number of hydrogen-bond acceptors (Lipinski definition) is 3. The maximum atomic E-state index is 11.9. The zero-order valence-electron chi connectivity index (χ0n) is 10.9. The van der Waals surface area contributed by atoms with E-state index in [1.54, 1.807) is 0 Å². The van der Waals surface area contributed by atoms with Crippen molar-refractivity contribution in [3.05, 3.63) is 0 Å². The number of nitrogens with one attached hydrogen (secondary N) is 1. The summed E-state index contributed by atoms with van der Waals surface area (Å²) in [7, 11) is 0. The van der Waals surface area contributed by atoms with Gasteiger partial charge in [0.05, 0.1) is 0 Å². The molecule has 0 spiro atoms. The number of carbonyl (C=O) groups excluding carboxylic acids is 2. The van der Waals surface area contributed by atoms with Crippen LogP contribution in [0.2, 0.25) is 0 Å². The summed E-state index contributed by atoms with van der Waals surface area (Å²) in [5.74, 6) is 0.176. The minimum absolute atomic E-state index is 0.0149. The van der Waals surface area contributed by atoms with Crippen LogP contribution in [-0.4, -0.2) is 35.8 Å². The maximum Gasteiger partial charge on any atom is 0.232 e. The number of imide groups is 1. The minimum atomic E-state index is -0.141. The summed E-state index contributed by atoms with van der Waals surface area (Å²) in [4.78, 5) is 25.4. The minimum Gasteiger partial charge on any atom is -0.314 e. The van der Waals surface area contributed by atoms with E-state index in [1.165, 1.54) is 4.90 Å². The van der Waals surface area contributed by atoms with Crippen LogP contribution in [0.5, 0.6) is 0 Å². The molecule has 2 saturated heterocycles. The van der Waals surface area contributed by atoms with E-state index >= 15 is 0 Å². The number of carbonyl (C=O) groups is 2. The van der Waals surface area contributed by atoms with Crippen molar-refractivity contribution in [2.45, 2.75) is 39.7 Å². The molecule has 17 heavy (non-hydrogen) atoms. The molecule has 0 aromatic carbocycles. The highest BCUT2D eigenvalue weighted by Crippen LogP contribution is 2.27. The van der Waals surface area contributed by atoms with Gasteiger partial charge in [-0.05, 0) is 32.2 Å². The van der Waals surface area contributed by atoms with Crippen LogP contribution in [0, 0.1) is 17.8 Å². The number of amides is 2. The van der Waals surface area contributed by atoms with Gasteiger partial charge >= 0.3 is 0 Å². The van der Waals surface area contributed by atoms with Gasteiger partial charge in [0.1, 0.15) is 0 Å². The Morgan fingerprint density at radius 3 is 2.18 bits per heavy atom. The molecule has 0 bridgehead atoms. The van der Waals surface area contributed by atoms with Crippen LogP contribution in [0.1, 0.15) is 33.6 Å². The highest BCUT2D eigenvalue weighted by molar-refractivity contribution is 6.04. The highest BCUT2D eigenvalue weighted by atomic mass is 16.2. The Balaban J connectivity index is 1.95. The molecular weight excluding hydrogens is 216 g/mol. The van der Waals surface area contributed by atoms with Crippen LogP contribution in [0.3, 0.4) is 0 Å². The molecular formula is C13H22N2O2. The third kappa shape index (κ3) is 2.37. The van der Waals surface area contributed by atoms with Crippen LogP contribution in [0.4, 0.5) is 0 Å². The van der Waals surface area contributed by atoms with E-state index in [1.807, 2.05) is 13.8 Å². The molecule has 4 heteroatoms. The summed E-state index contributed by atoms with van der Waals surface area (Å²) in [5, 5.41) is 3.41. The Morgan fingerprint density at radius 2 is 1.71 bits per heavy atom. The zero-order chi connectivity index (χ0) is 12.6. The second kappa shape index (κ2) is 4.77. The molecule has 0 aromatic rings. The van der Waals surface area contributed by atoms with Gasteiger partial charge in [-0.3, -0.25) is 14.5 Å². The van der Waals surface area contributed by atoms with E-state index in [9.17, 15) is 9.59 Å². The standard InChI is InChI=1S/C13H22N2O2/c1-8-4-5-11(6-14-8)7-15-12(16)9(2)10(3)13(15)17/h8-11,14H,4-7H2,1-3H3. The fourth-order valence-electron chi connectivity index (χ4n) is 2.68. The Hall–Kier alpha value is -0.900. The first kappa shape index (κ1) is 12.6. The summed E-state index contributed by atoms with van der Waals surface area (Å²) in [6.07, 6.45) is 2.24. The summed E-state index contributed by atoms with van der Waals surface area (Å²) in [6, 6.07) is 0.564. The topological polar surface area (TPSA) is 49.4 Å². The van der Waals surface area contributed by atoms with Crippen molar-refractivity contribution in [1.82, 2.24) is 10.2 Å². The largest absolute Gasteiger partial charge is 0.314 e. The first-order valence-electron chi connectivity index (χ1n) is 6.59. The van der Waals surface area contributed by atoms with Gasteiger partial charge in [0, 0.05) is 24.4 Å². The van der Waals surface area contributed by atoms with Crippen LogP contribution < -0.4 is 5.32 Å². The molecule has 0 saturated carbocycles. The van der Waals surface area contributed by atoms with Crippen molar-refractivity contribution in [3.8, 4) is 0 Å². The second-order valence-corrected chi connectivity index (χ2v) is 5.62. The summed E-state index contributed by atoms with van der Waals surface area (Å²) in [6.45, 7) is 7.40. The third-order valence-corrected chi connectivity index (χ3v) is 4.26. The zero-order valence-corrected chi connectivity index (χ0v) is 10.9. The van der Waals surface area contributed by atoms with Gasteiger partial charge in [0.25, 0.3) is 0 Å². The van der Waals surface area contributed by atoms with Gasteiger partial charge in [-0.25, -0.2) is 0 Å². The van der Waals surface area contributed by atoms with Crippen molar-refractivity contribution in [2.24, 2.45) is 17.8 Å². The van der Waals surface area contributed by atoms with Gasteiger partial charge in [-0.1, -0.05) is 13.8 Å². The number of piperidine rings is 1. The molecule has 4 nitrogen and oxygen atoms in total. The molecule has 2 rings (SSSR count). The molecule has 4 unspecified atom stereocenters. The fourth-order valence-corrected chi connectivity index (χ4v) is 2.68. The fraction of sp³-hybridized carbons (Fsp3) is 0.846. The van der Waals surface area contributed by atoms with Gasteiger partial charge in [0.2, 0.25) is 11.8 Å². The third-order valence-electron chi connectivity index (χ3n) is 4.26. The number of rotatable bonds is 2. The van der Waals surface area contributed by atoms with Crippen LogP contribution in [0.15, 0.2) is 0 Å². The van der Waals surface area contributed by atoms with E-state index in [-0.39, 0.29) is 23.7 Å². The Bertz CT molecular complexity index is 301. The number of likely N-dealkylation sites (tertiary alicyclic amines) is 1. The first-order chi connectivity index (χ1) is 8.00. The lowest BCUT2D eigenvalue weighted by atomic mass is 9.95. The van der Waals surface area contributed by atoms with Crippen LogP contribution in [0.25, 0.3) is 0 Å². The number of hydrogen-bond donors (Lipinski definition) is 1. The van der Waals surface area contributed by atoms with E-state index in [0.29, 0.717) is 18.5 Å². The average Bonchev–Trinajstić information content (AvgIpc) is 2.50. The van der Waals surface area contributed by atoms with Crippen molar-refractivity contribution in [1.29, 1.82) is 0 Å². The lowest BCUT2D eigenvalue weighted by molar-refractivity contribution is -0.140. The predicted molar refractivity (Wildman–Crippen MR) is 65.2 cm³/mol. The SMILES string of the molecule is CC1CCC(CN2C(=O)C(C)C(C)C2=O)CN1. The van der Waals surface area contributed by atoms with Crippen molar-refractivity contribution in [3.63, 3.8) is 0 Å². The van der Waals surface area contributed by atoms with Gasteiger partial charge in [-0.15, -0.1) is 0 Å². The smallest absolute Gasteiger partial charge is 0.232 e.